The van der Waals surface area contributed by atoms with E-state index in [1.165, 1.54) is 38.5 Å². The maximum absolute atomic E-state index is 12.2. The summed E-state index contributed by atoms with van der Waals surface area (Å²) in [7, 11) is 0. The Hall–Kier alpha value is -0.570. The van der Waals surface area contributed by atoms with Crippen molar-refractivity contribution in [3.05, 3.63) is 0 Å². The third-order valence-electron chi connectivity index (χ3n) is 4.24. The molecule has 0 radical (unpaired) electrons. The van der Waals surface area contributed by atoms with Crippen molar-refractivity contribution in [1.82, 2.24) is 10.2 Å². The monoisotopic (exact) mass is 238 g/mol. The Kier molecular flexibility index (Phi) is 4.84. The van der Waals surface area contributed by atoms with Crippen LogP contribution in [0.5, 0.6) is 0 Å². The lowest BCUT2D eigenvalue weighted by atomic mass is 10.1. The fourth-order valence-corrected chi connectivity index (χ4v) is 3.09. The minimum Gasteiger partial charge on any atom is -0.340 e. The van der Waals surface area contributed by atoms with Gasteiger partial charge in [-0.15, -0.1) is 0 Å². The van der Waals surface area contributed by atoms with Gasteiger partial charge in [-0.1, -0.05) is 12.8 Å². The van der Waals surface area contributed by atoms with Crippen molar-refractivity contribution >= 4 is 5.91 Å². The average molecular weight is 238 g/mol. The topological polar surface area (TPSA) is 32.3 Å². The molecule has 0 aromatic heterocycles. The summed E-state index contributed by atoms with van der Waals surface area (Å²) in [6, 6.07) is 1.06. The van der Waals surface area contributed by atoms with Gasteiger partial charge in [0.25, 0.3) is 0 Å². The second-order valence-corrected chi connectivity index (χ2v) is 5.62. The molecule has 2 heterocycles. The lowest BCUT2D eigenvalue weighted by Crippen LogP contribution is -2.38. The first-order valence-corrected chi connectivity index (χ1v) is 7.30. The van der Waals surface area contributed by atoms with E-state index in [9.17, 15) is 4.79 Å². The number of hydrogen-bond donors (Lipinski definition) is 1. The van der Waals surface area contributed by atoms with Crippen molar-refractivity contribution in [3.63, 3.8) is 0 Å². The summed E-state index contributed by atoms with van der Waals surface area (Å²) in [4.78, 5) is 14.3. The van der Waals surface area contributed by atoms with Crippen molar-refractivity contribution < 1.29 is 4.79 Å². The van der Waals surface area contributed by atoms with Crippen LogP contribution in [0.15, 0.2) is 0 Å². The molecule has 2 aliphatic rings. The smallest absolute Gasteiger partial charge is 0.222 e. The first-order valence-electron chi connectivity index (χ1n) is 7.30. The number of amides is 1. The fourth-order valence-electron chi connectivity index (χ4n) is 3.09. The molecule has 17 heavy (non-hydrogen) atoms. The molecule has 0 bridgehead atoms. The summed E-state index contributed by atoms with van der Waals surface area (Å²) in [6.45, 7) is 4.33. The quantitative estimate of drug-likeness (QED) is 0.818. The summed E-state index contributed by atoms with van der Waals surface area (Å²) in [6.07, 6.45) is 9.25. The molecule has 0 aromatic carbocycles. The Bertz CT molecular complexity index is 249. The standard InChI is InChI=1S/C14H26N2O/c1-12-6-3-2-4-11-16(12)14(17)9-8-13-7-5-10-15-13/h12-13,15H,2-11H2,1H3. The molecule has 1 N–H and O–H groups in total. The molecule has 2 rings (SSSR count). The fraction of sp³-hybridized carbons (Fsp3) is 0.929. The Labute approximate surface area is 105 Å². The Balaban J connectivity index is 1.76. The zero-order valence-corrected chi connectivity index (χ0v) is 11.1. The minimum absolute atomic E-state index is 0.382. The largest absolute Gasteiger partial charge is 0.340 e. The SMILES string of the molecule is CC1CCCCCN1C(=O)CCC1CCCN1. The van der Waals surface area contributed by atoms with Crippen LogP contribution in [-0.4, -0.2) is 36.0 Å². The van der Waals surface area contributed by atoms with E-state index >= 15 is 0 Å². The van der Waals surface area contributed by atoms with Gasteiger partial charge in [-0.2, -0.15) is 0 Å². The minimum atomic E-state index is 0.382. The molecular formula is C14H26N2O. The summed E-state index contributed by atoms with van der Waals surface area (Å²) in [5.41, 5.74) is 0. The van der Waals surface area contributed by atoms with Gasteiger partial charge >= 0.3 is 0 Å². The third kappa shape index (κ3) is 3.70. The maximum Gasteiger partial charge on any atom is 0.222 e. The molecule has 0 spiro atoms. The van der Waals surface area contributed by atoms with Crippen LogP contribution in [-0.2, 0) is 4.79 Å². The van der Waals surface area contributed by atoms with E-state index in [0.29, 0.717) is 18.0 Å². The highest BCUT2D eigenvalue weighted by molar-refractivity contribution is 5.76. The van der Waals surface area contributed by atoms with Gasteiger partial charge in [0.1, 0.15) is 0 Å². The molecule has 2 aliphatic heterocycles. The molecule has 0 aliphatic carbocycles. The van der Waals surface area contributed by atoms with E-state index < -0.39 is 0 Å². The van der Waals surface area contributed by atoms with E-state index in [1.807, 2.05) is 0 Å². The van der Waals surface area contributed by atoms with Gasteiger partial charge < -0.3 is 10.2 Å². The summed E-state index contributed by atoms with van der Waals surface area (Å²) in [5, 5.41) is 3.47. The normalized spacial score (nSPS) is 30.3. The lowest BCUT2D eigenvalue weighted by molar-refractivity contribution is -0.133. The molecule has 1 amide bonds. The predicted octanol–water partition coefficient (Wildman–Crippen LogP) is 2.31. The van der Waals surface area contributed by atoms with Gasteiger partial charge in [-0.3, -0.25) is 4.79 Å². The first-order chi connectivity index (χ1) is 8.27. The van der Waals surface area contributed by atoms with Crippen LogP contribution >= 0.6 is 0 Å². The van der Waals surface area contributed by atoms with Crippen LogP contribution in [0.2, 0.25) is 0 Å². The molecule has 3 heteroatoms. The Morgan fingerprint density at radius 2 is 2.12 bits per heavy atom. The van der Waals surface area contributed by atoms with E-state index in [4.69, 9.17) is 0 Å². The second kappa shape index (κ2) is 6.39. The highest BCUT2D eigenvalue weighted by Crippen LogP contribution is 2.19. The van der Waals surface area contributed by atoms with Crippen LogP contribution in [0.1, 0.15) is 58.3 Å². The van der Waals surface area contributed by atoms with Gasteiger partial charge in [-0.05, 0) is 45.6 Å². The van der Waals surface area contributed by atoms with Crippen molar-refractivity contribution in [3.8, 4) is 0 Å². The van der Waals surface area contributed by atoms with Gasteiger partial charge in [0.05, 0.1) is 0 Å². The summed E-state index contributed by atoms with van der Waals surface area (Å²) >= 11 is 0. The van der Waals surface area contributed by atoms with E-state index in [-0.39, 0.29) is 0 Å². The van der Waals surface area contributed by atoms with Gasteiger partial charge in [0, 0.05) is 25.0 Å². The zero-order valence-electron chi connectivity index (χ0n) is 11.1. The number of carbonyl (C=O) groups is 1. The number of rotatable bonds is 3. The molecule has 2 unspecified atom stereocenters. The third-order valence-corrected chi connectivity index (χ3v) is 4.24. The van der Waals surface area contributed by atoms with Crippen LogP contribution in [0.4, 0.5) is 0 Å². The van der Waals surface area contributed by atoms with Gasteiger partial charge in [-0.25, -0.2) is 0 Å². The highest BCUT2D eigenvalue weighted by Gasteiger charge is 2.23. The molecule has 98 valence electrons. The van der Waals surface area contributed by atoms with Gasteiger partial charge in [0.2, 0.25) is 5.91 Å². The summed E-state index contributed by atoms with van der Waals surface area (Å²) < 4.78 is 0. The number of nitrogens with zero attached hydrogens (tertiary/aromatic N) is 1. The van der Waals surface area contributed by atoms with Crippen molar-refractivity contribution in [2.45, 2.75) is 70.4 Å². The van der Waals surface area contributed by atoms with Crippen LogP contribution in [0.25, 0.3) is 0 Å². The molecule has 3 nitrogen and oxygen atoms in total. The zero-order chi connectivity index (χ0) is 12.1. The first kappa shape index (κ1) is 12.9. The lowest BCUT2D eigenvalue weighted by Gasteiger charge is -2.27. The maximum atomic E-state index is 12.2. The highest BCUT2D eigenvalue weighted by atomic mass is 16.2. The Morgan fingerprint density at radius 1 is 1.24 bits per heavy atom. The van der Waals surface area contributed by atoms with E-state index in [1.54, 1.807) is 0 Å². The van der Waals surface area contributed by atoms with Crippen LogP contribution in [0, 0.1) is 0 Å². The summed E-state index contributed by atoms with van der Waals surface area (Å²) in [5.74, 6) is 0.382. The molecule has 2 saturated heterocycles. The number of carbonyl (C=O) groups excluding carboxylic acids is 1. The molecule has 2 atom stereocenters. The van der Waals surface area contributed by atoms with E-state index in [0.717, 1.165) is 25.9 Å². The van der Waals surface area contributed by atoms with Crippen molar-refractivity contribution in [1.29, 1.82) is 0 Å². The van der Waals surface area contributed by atoms with Crippen LogP contribution in [0.3, 0.4) is 0 Å². The van der Waals surface area contributed by atoms with Gasteiger partial charge in [0.15, 0.2) is 0 Å². The van der Waals surface area contributed by atoms with Crippen molar-refractivity contribution in [2.24, 2.45) is 0 Å². The van der Waals surface area contributed by atoms with E-state index in [2.05, 4.69) is 17.1 Å². The number of likely N-dealkylation sites (tertiary alicyclic amines) is 1. The molecule has 0 aromatic rings. The Morgan fingerprint density at radius 3 is 2.88 bits per heavy atom. The number of nitrogens with one attached hydrogen (secondary N) is 1. The van der Waals surface area contributed by atoms with Crippen molar-refractivity contribution in [2.75, 3.05) is 13.1 Å². The average Bonchev–Trinajstić information content (AvgIpc) is 2.75. The molecular weight excluding hydrogens is 212 g/mol. The number of hydrogen-bond acceptors (Lipinski definition) is 2. The second-order valence-electron chi connectivity index (χ2n) is 5.62. The van der Waals surface area contributed by atoms with Crippen LogP contribution < -0.4 is 5.32 Å². The predicted molar refractivity (Wildman–Crippen MR) is 69.9 cm³/mol. The molecule has 0 saturated carbocycles. The molecule has 2 fully saturated rings.